The van der Waals surface area contributed by atoms with E-state index in [9.17, 15) is 0 Å². The zero-order chi connectivity index (χ0) is 86.5. The normalized spacial score (nSPS) is 11.7. The maximum atomic E-state index is 5.43. The number of hydrogen-bond acceptors (Lipinski definition) is 11. The second-order valence-electron chi connectivity index (χ2n) is 37.0. The quantitative estimate of drug-likeness (QED) is 0.0328. The van der Waals surface area contributed by atoms with E-state index in [1.54, 1.807) is 0 Å². The first-order chi connectivity index (χ1) is 60.5. The maximum absolute atomic E-state index is 5.43. The number of nitrogens with one attached hydrogen (secondary N) is 2. The van der Waals surface area contributed by atoms with Gasteiger partial charge in [0.25, 0.3) is 0 Å². The minimum Gasteiger partial charge on any atom is -0.324 e. The minimum absolute atomic E-state index is 0.594. The number of thioether (sulfide) groups is 6. The van der Waals surface area contributed by atoms with Crippen molar-refractivity contribution in [3.63, 3.8) is 0 Å². The fourth-order valence-electron chi connectivity index (χ4n) is 17.2. The molecule has 1 heterocycles. The van der Waals surface area contributed by atoms with Crippen LogP contribution in [0.3, 0.4) is 0 Å². The van der Waals surface area contributed by atoms with Gasteiger partial charge in [0, 0.05) is 46.3 Å². The van der Waals surface area contributed by atoms with Gasteiger partial charge < -0.3 is 10.6 Å². The molecule has 0 aliphatic heterocycles. The van der Waals surface area contributed by atoms with E-state index in [4.69, 9.17) is 15.0 Å². The summed E-state index contributed by atoms with van der Waals surface area (Å²) < 4.78 is 0. The predicted molar refractivity (Wildman–Crippen MR) is 562 cm³/mol. The fourth-order valence-corrected chi connectivity index (χ4v) is 24.8. The van der Waals surface area contributed by atoms with Crippen LogP contribution in [-0.4, -0.2) is 49.5 Å². The monoisotopic (exact) mass is 1790 g/mol. The van der Waals surface area contributed by atoms with Gasteiger partial charge in [0.1, 0.15) is 0 Å². The third kappa shape index (κ3) is 65.0. The Morgan fingerprint density at radius 2 is 0.369 bits per heavy atom. The van der Waals surface area contributed by atoms with Crippen molar-refractivity contribution in [2.24, 2.45) is 0 Å². The van der Waals surface area contributed by atoms with E-state index >= 15 is 0 Å². The van der Waals surface area contributed by atoms with Gasteiger partial charge >= 0.3 is 0 Å². The Balaban J connectivity index is 1.68. The molecule has 0 fully saturated rings. The van der Waals surface area contributed by atoms with Crippen molar-refractivity contribution < 1.29 is 0 Å². The molecule has 122 heavy (non-hydrogen) atoms. The molecule has 1 aromatic heterocycles. The SMILES string of the molecule is CCCCCCCCCCCCCCCSc1cc(Nc2nc(Nc3cc(SCCCCCCCCCCCCCCC)c(SCCCCCCCCCCCCCCC)c(SCCCCCCCCCCCCCCC)c3)nc(-c3cc[c]cc3)n2)cc(SCCCCCCCCCCCCCCC)c1SCCCCCCCCCCCCCCC. The molecule has 0 amide bonds. The fraction of sp³-hybridized carbons (Fsp3) is 0.811. The number of unbranched alkanes of at least 4 members (excludes halogenated alkanes) is 72. The highest BCUT2D eigenvalue weighted by molar-refractivity contribution is 8.04. The lowest BCUT2D eigenvalue weighted by molar-refractivity contribution is 0.543. The van der Waals surface area contributed by atoms with E-state index in [2.05, 4.69) is 165 Å². The Morgan fingerprint density at radius 1 is 0.205 bits per heavy atom. The van der Waals surface area contributed by atoms with Crippen LogP contribution < -0.4 is 10.6 Å². The van der Waals surface area contributed by atoms with Crippen molar-refractivity contribution in [2.45, 2.75) is 572 Å². The van der Waals surface area contributed by atoms with E-state index in [1.165, 1.54) is 542 Å². The molecule has 1 radical (unpaired) electrons. The molecule has 11 heteroatoms. The summed E-state index contributed by atoms with van der Waals surface area (Å²) in [6.45, 7) is 14.0. The van der Waals surface area contributed by atoms with Crippen molar-refractivity contribution in [2.75, 3.05) is 45.2 Å². The highest BCUT2D eigenvalue weighted by Gasteiger charge is 2.20. The van der Waals surface area contributed by atoms with Crippen LogP contribution in [0, 0.1) is 6.07 Å². The van der Waals surface area contributed by atoms with Gasteiger partial charge in [0.2, 0.25) is 11.9 Å². The number of benzene rings is 3. The van der Waals surface area contributed by atoms with Crippen molar-refractivity contribution in [1.82, 2.24) is 15.0 Å². The molecule has 2 N–H and O–H groups in total. The van der Waals surface area contributed by atoms with E-state index < -0.39 is 0 Å². The topological polar surface area (TPSA) is 62.7 Å². The first-order valence-electron chi connectivity index (χ1n) is 53.9. The van der Waals surface area contributed by atoms with Crippen LogP contribution in [0.5, 0.6) is 0 Å². The Bertz CT molecular complexity index is 2600. The number of rotatable bonds is 95. The highest BCUT2D eigenvalue weighted by Crippen LogP contribution is 2.45. The molecule has 4 rings (SSSR count). The molecular formula is C111H196N5S6. The van der Waals surface area contributed by atoms with Crippen molar-refractivity contribution in [3.05, 3.63) is 54.6 Å². The molecule has 0 aliphatic carbocycles. The molecule has 0 unspecified atom stereocenters. The lowest BCUT2D eigenvalue weighted by Gasteiger charge is -2.19. The molecule has 0 spiro atoms. The summed E-state index contributed by atoms with van der Waals surface area (Å²) in [5.74, 6) is 8.85. The summed E-state index contributed by atoms with van der Waals surface area (Å²) in [4.78, 5) is 24.9. The molecular weight excluding hydrogens is 1600 g/mol. The van der Waals surface area contributed by atoms with Crippen molar-refractivity contribution in [1.29, 1.82) is 0 Å². The molecule has 5 nitrogen and oxygen atoms in total. The highest BCUT2D eigenvalue weighted by atomic mass is 32.2. The Kier molecular flexibility index (Phi) is 80.7. The summed E-state index contributed by atoms with van der Waals surface area (Å²) in [6.07, 6.45) is 108. The van der Waals surface area contributed by atoms with Crippen LogP contribution in [0.1, 0.15) is 542 Å². The average Bonchev–Trinajstić information content (AvgIpc) is 0.806. The molecule has 0 saturated carbocycles. The molecule has 0 aliphatic rings. The first-order valence-corrected chi connectivity index (χ1v) is 59.8. The van der Waals surface area contributed by atoms with Gasteiger partial charge in [0.15, 0.2) is 5.82 Å². The summed E-state index contributed by atoms with van der Waals surface area (Å²) in [5.41, 5.74) is 3.15. The second-order valence-corrected chi connectivity index (χ2v) is 43.8. The summed E-state index contributed by atoms with van der Waals surface area (Å²) in [6, 6.07) is 21.5. The minimum atomic E-state index is 0.594. The van der Waals surface area contributed by atoms with Gasteiger partial charge in [-0.2, -0.15) is 15.0 Å². The molecule has 3 aromatic carbocycles. The number of hydrogen-bond donors (Lipinski definition) is 2. The van der Waals surface area contributed by atoms with Crippen LogP contribution in [0.15, 0.2) is 77.9 Å². The average molecular weight is 1790 g/mol. The van der Waals surface area contributed by atoms with E-state index in [0.717, 1.165) is 39.9 Å². The Hall–Kier alpha value is -1.63. The number of nitrogens with zero attached hydrogens (tertiary/aromatic N) is 3. The molecule has 4 aromatic rings. The summed E-state index contributed by atoms with van der Waals surface area (Å²) in [5, 5.41) is 7.89. The largest absolute Gasteiger partial charge is 0.324 e. The number of aromatic nitrogens is 3. The van der Waals surface area contributed by atoms with Crippen LogP contribution in [0.25, 0.3) is 11.4 Å². The zero-order valence-corrected chi connectivity index (χ0v) is 86.2. The molecule has 0 saturated heterocycles. The van der Waals surface area contributed by atoms with Gasteiger partial charge in [-0.15, -0.1) is 70.6 Å². The summed E-state index contributed by atoms with van der Waals surface area (Å²) in [7, 11) is 0. The van der Waals surface area contributed by atoms with Gasteiger partial charge in [0.05, 0.1) is 0 Å². The molecule has 701 valence electrons. The summed E-state index contributed by atoms with van der Waals surface area (Å²) >= 11 is 12.8. The van der Waals surface area contributed by atoms with Crippen molar-refractivity contribution >= 4 is 93.8 Å². The van der Waals surface area contributed by atoms with Crippen LogP contribution in [-0.2, 0) is 0 Å². The third-order valence-corrected chi connectivity index (χ3v) is 32.6. The lowest BCUT2D eigenvalue weighted by atomic mass is 10.1. The van der Waals surface area contributed by atoms with Crippen LogP contribution in [0.2, 0.25) is 0 Å². The number of anilines is 4. The lowest BCUT2D eigenvalue weighted by Crippen LogP contribution is -2.06. The van der Waals surface area contributed by atoms with E-state index in [1.807, 2.05) is 12.1 Å². The standard InChI is InChI=1S/C111H196N5S6/c1-7-13-19-25-31-37-43-49-55-61-67-73-82-90-117-103-96-101(97-104(118-91-83-74-68-62-56-50-44-38-32-26-20-14-8-2)107(103)121-94-86-77-71-65-59-53-47-41-35-29-23-17-11-5)112-110-114-109(100-88-80-79-81-89-100)115-111(116-110)113-102-98-105(119-92-84-75-69-63-57-51-45-39-33-27-21-15-9-3)108(122-95-87-78-72-66-60-54-48-42-36-30-24-18-12-6)106(99-102)120-93-85-76-70-64-58-52-46-40-34-28-22-16-10-4/h80-81,88-89,96-99H,7-78,82-87,90-95H2,1-6H3,(H2,112,113,114,115,116). The predicted octanol–water partition coefficient (Wildman–Crippen LogP) is 41.9. The van der Waals surface area contributed by atoms with Gasteiger partial charge in [-0.05, 0) is 103 Å². The first kappa shape index (κ1) is 113. The zero-order valence-electron chi connectivity index (χ0n) is 81.3. The Morgan fingerprint density at radius 3 is 0.549 bits per heavy atom. The third-order valence-electron chi connectivity index (χ3n) is 25.2. The van der Waals surface area contributed by atoms with Crippen molar-refractivity contribution in [3.8, 4) is 11.4 Å². The molecule has 0 atom stereocenters. The molecule has 0 bridgehead atoms. The van der Waals surface area contributed by atoms with E-state index in [-0.39, 0.29) is 0 Å². The van der Waals surface area contributed by atoms with Gasteiger partial charge in [-0.1, -0.05) is 528 Å². The van der Waals surface area contributed by atoms with E-state index in [0.29, 0.717) is 17.7 Å². The maximum Gasteiger partial charge on any atom is 0.232 e. The van der Waals surface area contributed by atoms with Crippen LogP contribution >= 0.6 is 70.6 Å². The Labute approximate surface area is 785 Å². The second kappa shape index (κ2) is 87.4. The van der Waals surface area contributed by atoms with Gasteiger partial charge in [-0.3, -0.25) is 0 Å². The van der Waals surface area contributed by atoms with Crippen LogP contribution in [0.4, 0.5) is 23.3 Å². The smallest absolute Gasteiger partial charge is 0.232 e. The van der Waals surface area contributed by atoms with Gasteiger partial charge in [-0.25, -0.2) is 0 Å².